The maximum atomic E-state index is 13.1. The number of carbonyl (C=O) groups excluding carboxylic acids is 2. The van der Waals surface area contributed by atoms with Crippen LogP contribution >= 0.6 is 0 Å². The minimum absolute atomic E-state index is 0.0397. The number of ether oxygens (including phenoxy) is 3. The number of carboxylic acids is 1. The number of esters is 2. The average Bonchev–Trinajstić information content (AvgIpc) is 2.89. The molecule has 1 heterocycles. The van der Waals surface area contributed by atoms with Crippen LogP contribution in [-0.4, -0.2) is 48.9 Å². The van der Waals surface area contributed by atoms with Gasteiger partial charge in [-0.25, -0.2) is 4.79 Å². The predicted octanol–water partition coefficient (Wildman–Crippen LogP) is 1.88. The van der Waals surface area contributed by atoms with Crippen molar-refractivity contribution >= 4 is 23.6 Å². The molecule has 2 N–H and O–H groups in total. The number of rotatable bonds is 7. The molecule has 0 amide bonds. The Morgan fingerprint density at radius 3 is 2.22 bits per heavy atom. The summed E-state index contributed by atoms with van der Waals surface area (Å²) in [7, 11) is 1.46. The summed E-state index contributed by atoms with van der Waals surface area (Å²) in [5.41, 5.74) is -2.58. The number of nitrogens with one attached hydrogen (secondary N) is 1. The Morgan fingerprint density at radius 1 is 1.15 bits per heavy atom. The van der Waals surface area contributed by atoms with E-state index < -0.39 is 28.9 Å². The molecule has 1 unspecified atom stereocenters. The minimum atomic E-state index is -1.94. The lowest BCUT2D eigenvalue weighted by molar-refractivity contribution is -0.166. The van der Waals surface area contributed by atoms with Crippen LogP contribution in [0.25, 0.3) is 0 Å². The van der Waals surface area contributed by atoms with Crippen molar-refractivity contribution in [3.8, 4) is 5.75 Å². The molecule has 0 aromatic heterocycles. The molecule has 0 saturated heterocycles. The van der Waals surface area contributed by atoms with Crippen LogP contribution in [0.5, 0.6) is 5.75 Å². The third-order valence-electron chi connectivity index (χ3n) is 4.53. The van der Waals surface area contributed by atoms with Gasteiger partial charge >= 0.3 is 17.9 Å². The van der Waals surface area contributed by atoms with Gasteiger partial charge in [-0.1, -0.05) is 6.08 Å². The highest BCUT2D eigenvalue weighted by Gasteiger charge is 2.66. The number of fused-ring (bicyclic) bond motifs is 1. The lowest BCUT2D eigenvalue weighted by Gasteiger charge is -2.37. The molecule has 8 heteroatoms. The Morgan fingerprint density at radius 2 is 1.74 bits per heavy atom. The third-order valence-corrected chi connectivity index (χ3v) is 4.53. The second-order valence-corrected chi connectivity index (χ2v) is 6.10. The molecular formula is C19H23NO7. The molecule has 2 rings (SSSR count). The van der Waals surface area contributed by atoms with Crippen molar-refractivity contribution < 1.29 is 33.7 Å². The predicted molar refractivity (Wildman–Crippen MR) is 96.7 cm³/mol. The highest BCUT2D eigenvalue weighted by atomic mass is 16.6. The number of aliphatic carboxylic acids is 1. The van der Waals surface area contributed by atoms with Crippen molar-refractivity contribution in [1.29, 1.82) is 0 Å². The number of anilines is 1. The van der Waals surface area contributed by atoms with Gasteiger partial charge in [0.2, 0.25) is 5.41 Å². The van der Waals surface area contributed by atoms with Crippen molar-refractivity contribution in [2.45, 2.75) is 31.7 Å². The molecule has 0 fully saturated rings. The van der Waals surface area contributed by atoms with E-state index in [2.05, 4.69) is 5.32 Å². The number of methoxy groups -OCH3 is 1. The van der Waals surface area contributed by atoms with E-state index in [1.807, 2.05) is 0 Å². The highest BCUT2D eigenvalue weighted by molar-refractivity contribution is 6.12. The zero-order valence-corrected chi connectivity index (χ0v) is 15.7. The molecule has 1 aliphatic heterocycles. The van der Waals surface area contributed by atoms with Gasteiger partial charge in [0.05, 0.1) is 25.9 Å². The Balaban J connectivity index is 2.83. The summed E-state index contributed by atoms with van der Waals surface area (Å²) in [4.78, 5) is 37.3. The van der Waals surface area contributed by atoms with E-state index in [-0.39, 0.29) is 13.2 Å². The number of carbonyl (C=O) groups is 3. The molecular weight excluding hydrogens is 354 g/mol. The van der Waals surface area contributed by atoms with Crippen molar-refractivity contribution in [3.63, 3.8) is 0 Å². The summed E-state index contributed by atoms with van der Waals surface area (Å²) in [6.45, 7) is 4.87. The van der Waals surface area contributed by atoms with Gasteiger partial charge in [0.1, 0.15) is 5.75 Å². The van der Waals surface area contributed by atoms with E-state index in [9.17, 15) is 14.4 Å². The van der Waals surface area contributed by atoms with Gasteiger partial charge < -0.3 is 24.6 Å². The Labute approximate surface area is 157 Å². The van der Waals surface area contributed by atoms with Crippen LogP contribution in [0, 0.1) is 0 Å². The maximum absolute atomic E-state index is 13.1. The van der Waals surface area contributed by atoms with E-state index in [0.29, 0.717) is 17.0 Å². The van der Waals surface area contributed by atoms with Gasteiger partial charge in [-0.05, 0) is 39.0 Å². The number of hydrogen-bond donors (Lipinski definition) is 2. The molecule has 0 spiro atoms. The van der Waals surface area contributed by atoms with E-state index in [1.54, 1.807) is 39.0 Å². The second-order valence-electron chi connectivity index (χ2n) is 6.10. The molecule has 0 bridgehead atoms. The van der Waals surface area contributed by atoms with E-state index in [1.165, 1.54) is 13.2 Å². The third kappa shape index (κ3) is 3.22. The number of carboxylic acid groups (broad SMARTS) is 1. The molecule has 27 heavy (non-hydrogen) atoms. The Bertz CT molecular complexity index is 768. The van der Waals surface area contributed by atoms with Crippen LogP contribution in [0.15, 0.2) is 30.4 Å². The van der Waals surface area contributed by atoms with Crippen LogP contribution in [0.2, 0.25) is 0 Å². The standard InChI is InChI=1S/C19H23NO7/c1-5-26-16(23)19(17(24)27-6-2)13-11-12(25-4)7-8-14(13)20-18(19,3)10-9-15(21)22/h7-11,20H,5-6H2,1-4H3,(H,21,22). The summed E-state index contributed by atoms with van der Waals surface area (Å²) in [6.07, 6.45) is 2.14. The van der Waals surface area contributed by atoms with Crippen LogP contribution in [-0.2, 0) is 29.3 Å². The topological polar surface area (TPSA) is 111 Å². The Kier molecular flexibility index (Phi) is 5.78. The van der Waals surface area contributed by atoms with Gasteiger partial charge in [-0.15, -0.1) is 0 Å². The normalized spacial score (nSPS) is 19.9. The van der Waals surface area contributed by atoms with Crippen LogP contribution in [0.1, 0.15) is 26.3 Å². The molecule has 0 radical (unpaired) electrons. The van der Waals surface area contributed by atoms with Crippen molar-refractivity contribution in [2.75, 3.05) is 25.6 Å². The van der Waals surface area contributed by atoms with Crippen molar-refractivity contribution in [3.05, 3.63) is 35.9 Å². The van der Waals surface area contributed by atoms with Crippen molar-refractivity contribution in [1.82, 2.24) is 0 Å². The van der Waals surface area contributed by atoms with Gasteiger partial charge in [0.15, 0.2) is 0 Å². The fourth-order valence-corrected chi connectivity index (χ4v) is 3.33. The van der Waals surface area contributed by atoms with Crippen LogP contribution < -0.4 is 10.1 Å². The van der Waals surface area contributed by atoms with E-state index in [4.69, 9.17) is 19.3 Å². The summed E-state index contributed by atoms with van der Waals surface area (Å²) in [5.74, 6) is -2.45. The number of hydrogen-bond acceptors (Lipinski definition) is 7. The Hall–Kier alpha value is -3.03. The summed E-state index contributed by atoms with van der Waals surface area (Å²) in [6, 6.07) is 4.87. The molecule has 0 saturated carbocycles. The summed E-state index contributed by atoms with van der Waals surface area (Å²) < 4.78 is 15.7. The lowest BCUT2D eigenvalue weighted by atomic mass is 9.68. The molecule has 1 atom stereocenters. The summed E-state index contributed by atoms with van der Waals surface area (Å²) in [5, 5.41) is 12.2. The first kappa shape index (κ1) is 20.3. The van der Waals surface area contributed by atoms with E-state index >= 15 is 0 Å². The molecule has 1 aromatic rings. The lowest BCUT2D eigenvalue weighted by Crippen LogP contribution is -2.60. The fourth-order valence-electron chi connectivity index (χ4n) is 3.33. The highest BCUT2D eigenvalue weighted by Crippen LogP contribution is 2.51. The maximum Gasteiger partial charge on any atom is 0.330 e. The van der Waals surface area contributed by atoms with Crippen molar-refractivity contribution in [2.24, 2.45) is 0 Å². The fraction of sp³-hybridized carbons (Fsp3) is 0.421. The first-order chi connectivity index (χ1) is 12.8. The minimum Gasteiger partial charge on any atom is -0.497 e. The zero-order chi connectivity index (χ0) is 20.2. The van der Waals surface area contributed by atoms with Gasteiger partial charge in [-0.2, -0.15) is 0 Å². The van der Waals surface area contributed by atoms with Crippen LogP contribution in [0.4, 0.5) is 5.69 Å². The monoisotopic (exact) mass is 377 g/mol. The van der Waals surface area contributed by atoms with Gasteiger partial charge in [-0.3, -0.25) is 9.59 Å². The number of benzene rings is 1. The molecule has 8 nitrogen and oxygen atoms in total. The molecule has 1 aromatic carbocycles. The quantitative estimate of drug-likeness (QED) is 0.421. The second kappa shape index (κ2) is 7.69. The molecule has 0 aliphatic carbocycles. The van der Waals surface area contributed by atoms with Crippen LogP contribution in [0.3, 0.4) is 0 Å². The largest absolute Gasteiger partial charge is 0.497 e. The smallest absolute Gasteiger partial charge is 0.330 e. The van der Waals surface area contributed by atoms with Gasteiger partial charge in [0.25, 0.3) is 0 Å². The van der Waals surface area contributed by atoms with E-state index in [0.717, 1.165) is 6.08 Å². The average molecular weight is 377 g/mol. The SMILES string of the molecule is CCOC(=O)C1(C(=O)OCC)c2cc(OC)ccc2NC1(C)C=CC(=O)O. The molecule has 1 aliphatic rings. The summed E-state index contributed by atoms with van der Waals surface area (Å²) >= 11 is 0. The zero-order valence-electron chi connectivity index (χ0n) is 15.7. The van der Waals surface area contributed by atoms with Gasteiger partial charge in [0, 0.05) is 17.3 Å². The first-order valence-electron chi connectivity index (χ1n) is 8.50. The molecule has 146 valence electrons. The first-order valence-corrected chi connectivity index (χ1v) is 8.50.